The SMILES string of the molecule is CC1(C)OC2C(O[Si](C)(C)C(C)(C)C)OC(C3CN3S(=O)(=O)C(C)(C)C)C2O1. The molecule has 6 atom stereocenters. The van der Waals surface area contributed by atoms with Crippen LogP contribution in [0.25, 0.3) is 0 Å². The zero-order valence-corrected chi connectivity index (χ0v) is 20.7. The summed E-state index contributed by atoms with van der Waals surface area (Å²) < 4.78 is 51.3. The molecule has 7 nitrogen and oxygen atoms in total. The molecule has 0 aromatic rings. The summed E-state index contributed by atoms with van der Waals surface area (Å²) in [6, 6.07) is -0.234. The summed E-state index contributed by atoms with van der Waals surface area (Å²) in [6.45, 7) is 20.2. The van der Waals surface area contributed by atoms with Gasteiger partial charge in [-0.1, -0.05) is 20.8 Å². The van der Waals surface area contributed by atoms with Crippen LogP contribution in [0.1, 0.15) is 55.4 Å². The van der Waals surface area contributed by atoms with E-state index in [1.807, 2.05) is 13.8 Å². The standard InChI is InChI=1S/C19H37NO6SSi/c1-17(2,3)27(21,22)20-11-12(20)13-14-15(25-19(7,8)24-14)16(23-13)26-28(9,10)18(4,5)6/h12-16H,11H2,1-10H3. The van der Waals surface area contributed by atoms with Crippen LogP contribution in [-0.2, 0) is 28.7 Å². The van der Waals surface area contributed by atoms with E-state index in [-0.39, 0.29) is 23.3 Å². The van der Waals surface area contributed by atoms with Gasteiger partial charge in [0, 0.05) is 6.54 Å². The number of hydrogen-bond donors (Lipinski definition) is 0. The Kier molecular flexibility index (Phi) is 5.24. The molecule has 0 amide bonds. The molecule has 3 fully saturated rings. The highest BCUT2D eigenvalue weighted by atomic mass is 32.2. The van der Waals surface area contributed by atoms with Gasteiger partial charge in [-0.2, -0.15) is 4.31 Å². The zero-order chi connectivity index (χ0) is 21.5. The van der Waals surface area contributed by atoms with Crippen LogP contribution in [0.5, 0.6) is 0 Å². The third-order valence-corrected chi connectivity index (χ3v) is 13.3. The third-order valence-electron chi connectivity index (χ3n) is 6.33. The summed E-state index contributed by atoms with van der Waals surface area (Å²) in [4.78, 5) is 0. The minimum atomic E-state index is -3.40. The fraction of sp³-hybridized carbons (Fsp3) is 1.00. The Labute approximate surface area is 171 Å². The average molecular weight is 436 g/mol. The van der Waals surface area contributed by atoms with Gasteiger partial charge < -0.3 is 18.6 Å². The number of hydrogen-bond acceptors (Lipinski definition) is 6. The fourth-order valence-corrected chi connectivity index (χ4v) is 6.15. The minimum absolute atomic E-state index is 0.0279. The molecule has 0 saturated carbocycles. The monoisotopic (exact) mass is 435 g/mol. The van der Waals surface area contributed by atoms with Gasteiger partial charge in [-0.15, -0.1) is 0 Å². The molecular formula is C19H37NO6SSi. The number of fused-ring (bicyclic) bond motifs is 1. The van der Waals surface area contributed by atoms with Gasteiger partial charge >= 0.3 is 0 Å². The maximum absolute atomic E-state index is 12.8. The van der Waals surface area contributed by atoms with E-state index in [0.29, 0.717) is 6.54 Å². The summed E-state index contributed by atoms with van der Waals surface area (Å²) in [5.41, 5.74) is 0. The molecule has 28 heavy (non-hydrogen) atoms. The molecule has 0 aromatic heterocycles. The second kappa shape index (κ2) is 6.48. The van der Waals surface area contributed by atoms with Crippen molar-refractivity contribution in [1.82, 2.24) is 4.31 Å². The number of sulfonamides is 1. The Morgan fingerprint density at radius 2 is 1.54 bits per heavy atom. The molecule has 0 aromatic carbocycles. The minimum Gasteiger partial charge on any atom is -0.390 e. The van der Waals surface area contributed by atoms with Crippen LogP contribution in [0, 0.1) is 0 Å². The van der Waals surface area contributed by atoms with E-state index in [1.165, 1.54) is 4.31 Å². The molecule has 6 unspecified atom stereocenters. The topological polar surface area (TPSA) is 74.1 Å². The molecule has 3 heterocycles. The van der Waals surface area contributed by atoms with Crippen molar-refractivity contribution in [3.8, 4) is 0 Å². The van der Waals surface area contributed by atoms with Crippen LogP contribution in [-0.4, -0.2) is 68.8 Å². The van der Waals surface area contributed by atoms with Gasteiger partial charge in [0.1, 0.15) is 18.3 Å². The molecule has 3 rings (SSSR count). The summed E-state index contributed by atoms with van der Waals surface area (Å²) in [7, 11) is -5.49. The van der Waals surface area contributed by atoms with Crippen molar-refractivity contribution < 1.29 is 27.1 Å². The van der Waals surface area contributed by atoms with Crippen LogP contribution in [0.15, 0.2) is 0 Å². The number of rotatable bonds is 4. The molecule has 9 heteroatoms. The Morgan fingerprint density at radius 1 is 1.00 bits per heavy atom. The van der Waals surface area contributed by atoms with Gasteiger partial charge in [-0.05, 0) is 52.8 Å². The first-order valence-electron chi connectivity index (χ1n) is 10.1. The first-order chi connectivity index (χ1) is 12.4. The van der Waals surface area contributed by atoms with Crippen molar-refractivity contribution in [3.05, 3.63) is 0 Å². The Balaban J connectivity index is 1.81. The van der Waals surface area contributed by atoms with Gasteiger partial charge in [-0.25, -0.2) is 8.42 Å². The second-order valence-electron chi connectivity index (χ2n) is 11.2. The van der Waals surface area contributed by atoms with E-state index < -0.39 is 41.3 Å². The summed E-state index contributed by atoms with van der Waals surface area (Å²) in [5, 5.41) is 0.0279. The lowest BCUT2D eigenvalue weighted by molar-refractivity contribution is -0.216. The van der Waals surface area contributed by atoms with Crippen LogP contribution in [0.3, 0.4) is 0 Å². The molecular weight excluding hydrogens is 398 g/mol. The Morgan fingerprint density at radius 3 is 2.04 bits per heavy atom. The highest BCUT2D eigenvalue weighted by molar-refractivity contribution is 7.90. The smallest absolute Gasteiger partial charge is 0.219 e. The molecule has 0 N–H and O–H groups in total. The molecule has 3 aliphatic heterocycles. The highest BCUT2D eigenvalue weighted by Crippen LogP contribution is 2.47. The van der Waals surface area contributed by atoms with Gasteiger partial charge in [0.15, 0.2) is 20.4 Å². The van der Waals surface area contributed by atoms with Crippen molar-refractivity contribution in [2.75, 3.05) is 6.54 Å². The predicted molar refractivity (Wildman–Crippen MR) is 110 cm³/mol. The van der Waals surface area contributed by atoms with Crippen molar-refractivity contribution in [3.63, 3.8) is 0 Å². The van der Waals surface area contributed by atoms with Crippen molar-refractivity contribution >= 4 is 18.3 Å². The van der Waals surface area contributed by atoms with Gasteiger partial charge in [0.25, 0.3) is 0 Å². The van der Waals surface area contributed by atoms with E-state index in [2.05, 4.69) is 33.9 Å². The molecule has 164 valence electrons. The normalized spacial score (nSPS) is 38.5. The van der Waals surface area contributed by atoms with Crippen molar-refractivity contribution in [2.45, 2.75) is 115 Å². The lowest BCUT2D eigenvalue weighted by Crippen LogP contribution is -2.47. The van der Waals surface area contributed by atoms with Crippen molar-refractivity contribution in [1.29, 1.82) is 0 Å². The van der Waals surface area contributed by atoms with E-state index in [1.54, 1.807) is 20.8 Å². The Hall–Kier alpha value is -0.0331. The third kappa shape index (κ3) is 3.83. The summed E-state index contributed by atoms with van der Waals surface area (Å²) >= 11 is 0. The van der Waals surface area contributed by atoms with Crippen LogP contribution in [0.2, 0.25) is 18.1 Å². The predicted octanol–water partition coefficient (Wildman–Crippen LogP) is 3.07. The fourth-order valence-electron chi connectivity index (χ4n) is 3.50. The first kappa shape index (κ1) is 22.6. The molecule has 3 aliphatic rings. The molecule has 0 bridgehead atoms. The second-order valence-corrected chi connectivity index (χ2v) is 18.6. The first-order valence-corrected chi connectivity index (χ1v) is 14.4. The quantitative estimate of drug-likeness (QED) is 0.499. The van der Waals surface area contributed by atoms with E-state index in [4.69, 9.17) is 18.6 Å². The summed E-state index contributed by atoms with van der Waals surface area (Å²) in [6.07, 6.45) is -1.63. The van der Waals surface area contributed by atoms with E-state index in [9.17, 15) is 8.42 Å². The van der Waals surface area contributed by atoms with Crippen LogP contribution >= 0.6 is 0 Å². The van der Waals surface area contributed by atoms with Crippen molar-refractivity contribution in [2.24, 2.45) is 0 Å². The zero-order valence-electron chi connectivity index (χ0n) is 18.9. The molecule has 0 spiro atoms. The maximum atomic E-state index is 12.8. The number of ether oxygens (including phenoxy) is 3. The largest absolute Gasteiger partial charge is 0.390 e. The highest BCUT2D eigenvalue weighted by Gasteiger charge is 2.64. The average Bonchev–Trinajstić information content (AvgIpc) is 3.12. The van der Waals surface area contributed by atoms with E-state index >= 15 is 0 Å². The van der Waals surface area contributed by atoms with E-state index in [0.717, 1.165) is 0 Å². The Bertz CT molecular complexity index is 724. The molecule has 0 radical (unpaired) electrons. The molecule has 0 aliphatic carbocycles. The van der Waals surface area contributed by atoms with Gasteiger partial charge in [0.2, 0.25) is 10.0 Å². The maximum Gasteiger partial charge on any atom is 0.219 e. The lowest BCUT2D eigenvalue weighted by atomic mass is 10.1. The van der Waals surface area contributed by atoms with Crippen LogP contribution < -0.4 is 0 Å². The molecule has 3 saturated heterocycles. The number of nitrogens with zero attached hydrogens (tertiary/aromatic N) is 1. The lowest BCUT2D eigenvalue weighted by Gasteiger charge is -2.39. The summed E-state index contributed by atoms with van der Waals surface area (Å²) in [5.74, 6) is -0.741. The van der Waals surface area contributed by atoms with Gasteiger partial charge in [0.05, 0.1) is 10.8 Å². The van der Waals surface area contributed by atoms with Gasteiger partial charge in [-0.3, -0.25) is 0 Å². The van der Waals surface area contributed by atoms with Crippen LogP contribution in [0.4, 0.5) is 0 Å².